The third-order valence-electron chi connectivity index (χ3n) is 4.66. The lowest BCUT2D eigenvalue weighted by Crippen LogP contribution is -2.75. The van der Waals surface area contributed by atoms with Crippen molar-refractivity contribution in [2.45, 2.75) is 45.3 Å². The van der Waals surface area contributed by atoms with Gasteiger partial charge in [-0.2, -0.15) is 0 Å². The van der Waals surface area contributed by atoms with E-state index in [1.165, 1.54) is 0 Å². The SMILES string of the molecule is CCOC1CC(N)(C(=O)NCCc2cccnc2)C1(C)C.Cl.Cl. The highest BCUT2D eigenvalue weighted by Gasteiger charge is 2.62. The maximum Gasteiger partial charge on any atom is 0.240 e. The number of ether oxygens (including phenoxy) is 1. The van der Waals surface area contributed by atoms with Crippen molar-refractivity contribution in [3.63, 3.8) is 0 Å². The Morgan fingerprint density at radius 1 is 1.48 bits per heavy atom. The first-order valence-corrected chi connectivity index (χ1v) is 7.49. The molecular formula is C16H27Cl2N3O2. The van der Waals surface area contributed by atoms with Crippen LogP contribution in [0.2, 0.25) is 0 Å². The first kappa shape index (κ1) is 22.1. The normalized spacial score (nSPS) is 24.6. The molecule has 0 spiro atoms. The minimum atomic E-state index is -0.845. The zero-order chi connectivity index (χ0) is 15.5. The molecule has 7 heteroatoms. The molecule has 2 unspecified atom stereocenters. The summed E-state index contributed by atoms with van der Waals surface area (Å²) in [5.41, 5.74) is 6.23. The van der Waals surface area contributed by atoms with Gasteiger partial charge < -0.3 is 15.8 Å². The van der Waals surface area contributed by atoms with Crippen LogP contribution in [0, 0.1) is 5.41 Å². The van der Waals surface area contributed by atoms with Crippen LogP contribution in [-0.4, -0.2) is 35.7 Å². The molecule has 2 rings (SSSR count). The van der Waals surface area contributed by atoms with E-state index in [0.717, 1.165) is 12.0 Å². The second-order valence-electron chi connectivity index (χ2n) is 6.21. The molecule has 1 aliphatic rings. The van der Waals surface area contributed by atoms with E-state index in [1.54, 1.807) is 6.20 Å². The summed E-state index contributed by atoms with van der Waals surface area (Å²) in [6.45, 7) is 7.17. The fraction of sp³-hybridized carbons (Fsp3) is 0.625. The molecule has 0 saturated heterocycles. The Morgan fingerprint density at radius 3 is 2.70 bits per heavy atom. The van der Waals surface area contributed by atoms with Crippen molar-refractivity contribution in [2.24, 2.45) is 11.1 Å². The smallest absolute Gasteiger partial charge is 0.240 e. The number of carbonyl (C=O) groups excluding carboxylic acids is 1. The Bertz CT molecular complexity index is 499. The first-order chi connectivity index (χ1) is 9.91. The molecule has 23 heavy (non-hydrogen) atoms. The Balaban J connectivity index is 0.00000242. The quantitative estimate of drug-likeness (QED) is 0.811. The second-order valence-corrected chi connectivity index (χ2v) is 6.21. The fourth-order valence-electron chi connectivity index (χ4n) is 2.84. The first-order valence-electron chi connectivity index (χ1n) is 7.49. The molecule has 1 aromatic rings. The predicted molar refractivity (Wildman–Crippen MR) is 96.2 cm³/mol. The molecule has 1 amide bonds. The molecule has 132 valence electrons. The molecule has 0 aromatic carbocycles. The number of hydrogen-bond donors (Lipinski definition) is 2. The maximum atomic E-state index is 12.4. The number of nitrogens with zero attached hydrogens (tertiary/aromatic N) is 1. The third kappa shape index (κ3) is 4.35. The van der Waals surface area contributed by atoms with Gasteiger partial charge in [0.05, 0.1) is 6.10 Å². The molecular weight excluding hydrogens is 337 g/mol. The maximum absolute atomic E-state index is 12.4. The van der Waals surface area contributed by atoms with E-state index in [0.29, 0.717) is 19.6 Å². The number of nitrogens with one attached hydrogen (secondary N) is 1. The van der Waals surface area contributed by atoms with E-state index in [-0.39, 0.29) is 42.2 Å². The Kier molecular flexibility index (Phi) is 8.49. The van der Waals surface area contributed by atoms with Gasteiger partial charge in [0.1, 0.15) is 5.54 Å². The van der Waals surface area contributed by atoms with Gasteiger partial charge >= 0.3 is 0 Å². The average Bonchev–Trinajstić information content (AvgIpc) is 2.47. The van der Waals surface area contributed by atoms with Crippen molar-refractivity contribution >= 4 is 30.7 Å². The lowest BCUT2D eigenvalue weighted by Gasteiger charge is -2.57. The zero-order valence-electron chi connectivity index (χ0n) is 13.9. The number of halogens is 2. The molecule has 0 bridgehead atoms. The van der Waals surface area contributed by atoms with Crippen molar-refractivity contribution in [3.8, 4) is 0 Å². The van der Waals surface area contributed by atoms with Crippen LogP contribution in [0.1, 0.15) is 32.8 Å². The average molecular weight is 364 g/mol. The van der Waals surface area contributed by atoms with Gasteiger partial charge in [-0.15, -0.1) is 24.8 Å². The van der Waals surface area contributed by atoms with E-state index in [2.05, 4.69) is 10.3 Å². The molecule has 0 radical (unpaired) electrons. The van der Waals surface area contributed by atoms with Gasteiger partial charge in [-0.25, -0.2) is 0 Å². The lowest BCUT2D eigenvalue weighted by atomic mass is 9.54. The number of carbonyl (C=O) groups is 1. The van der Waals surface area contributed by atoms with Crippen molar-refractivity contribution in [1.29, 1.82) is 0 Å². The van der Waals surface area contributed by atoms with Crippen molar-refractivity contribution in [3.05, 3.63) is 30.1 Å². The van der Waals surface area contributed by atoms with Crippen LogP contribution in [0.5, 0.6) is 0 Å². The minimum absolute atomic E-state index is 0. The summed E-state index contributed by atoms with van der Waals surface area (Å²) >= 11 is 0. The number of amides is 1. The van der Waals surface area contributed by atoms with Gasteiger partial charge in [0, 0.05) is 37.4 Å². The van der Waals surface area contributed by atoms with Crippen LogP contribution in [0.4, 0.5) is 0 Å². The number of aromatic nitrogens is 1. The van der Waals surface area contributed by atoms with E-state index in [9.17, 15) is 4.79 Å². The van der Waals surface area contributed by atoms with Gasteiger partial charge in [-0.3, -0.25) is 9.78 Å². The number of hydrogen-bond acceptors (Lipinski definition) is 4. The van der Waals surface area contributed by atoms with E-state index in [1.807, 2.05) is 39.1 Å². The molecule has 2 atom stereocenters. The van der Waals surface area contributed by atoms with Gasteiger partial charge in [-0.05, 0) is 25.0 Å². The Labute approximate surface area is 150 Å². The summed E-state index contributed by atoms with van der Waals surface area (Å²) in [4.78, 5) is 16.5. The zero-order valence-corrected chi connectivity index (χ0v) is 15.5. The monoisotopic (exact) mass is 363 g/mol. The highest BCUT2D eigenvalue weighted by Crippen LogP contribution is 2.49. The Hall–Kier alpha value is -0.880. The van der Waals surface area contributed by atoms with Gasteiger partial charge in [0.15, 0.2) is 0 Å². The summed E-state index contributed by atoms with van der Waals surface area (Å²) in [6.07, 6.45) is 4.93. The van der Waals surface area contributed by atoms with Crippen LogP contribution in [-0.2, 0) is 16.0 Å². The van der Waals surface area contributed by atoms with E-state index in [4.69, 9.17) is 10.5 Å². The van der Waals surface area contributed by atoms with Crippen LogP contribution in [0.25, 0.3) is 0 Å². The predicted octanol–water partition coefficient (Wildman–Crippen LogP) is 2.12. The summed E-state index contributed by atoms with van der Waals surface area (Å²) in [7, 11) is 0. The number of pyridine rings is 1. The van der Waals surface area contributed by atoms with Crippen LogP contribution >= 0.6 is 24.8 Å². The van der Waals surface area contributed by atoms with Gasteiger partial charge in [0.25, 0.3) is 0 Å². The molecule has 5 nitrogen and oxygen atoms in total. The van der Waals surface area contributed by atoms with Crippen molar-refractivity contribution < 1.29 is 9.53 Å². The van der Waals surface area contributed by atoms with Crippen LogP contribution < -0.4 is 11.1 Å². The van der Waals surface area contributed by atoms with Crippen molar-refractivity contribution in [1.82, 2.24) is 10.3 Å². The number of nitrogens with two attached hydrogens (primary N) is 1. The molecule has 0 aliphatic heterocycles. The van der Waals surface area contributed by atoms with Crippen molar-refractivity contribution in [2.75, 3.05) is 13.2 Å². The summed E-state index contributed by atoms with van der Waals surface area (Å²) < 4.78 is 5.64. The molecule has 3 N–H and O–H groups in total. The largest absolute Gasteiger partial charge is 0.378 e. The summed E-state index contributed by atoms with van der Waals surface area (Å²) in [6, 6.07) is 3.89. The molecule has 1 aromatic heterocycles. The molecule has 1 aliphatic carbocycles. The second kappa shape index (κ2) is 8.83. The van der Waals surface area contributed by atoms with Crippen LogP contribution in [0.15, 0.2) is 24.5 Å². The van der Waals surface area contributed by atoms with E-state index < -0.39 is 5.54 Å². The molecule has 1 heterocycles. The van der Waals surface area contributed by atoms with Crippen LogP contribution in [0.3, 0.4) is 0 Å². The topological polar surface area (TPSA) is 77.2 Å². The Morgan fingerprint density at radius 2 is 2.17 bits per heavy atom. The van der Waals surface area contributed by atoms with Gasteiger partial charge in [0.2, 0.25) is 5.91 Å². The molecule has 1 fully saturated rings. The number of rotatable bonds is 6. The minimum Gasteiger partial charge on any atom is -0.378 e. The highest BCUT2D eigenvalue weighted by atomic mass is 35.5. The van der Waals surface area contributed by atoms with E-state index >= 15 is 0 Å². The summed E-state index contributed by atoms with van der Waals surface area (Å²) in [5, 5.41) is 2.94. The summed E-state index contributed by atoms with van der Waals surface area (Å²) in [5.74, 6) is -0.0904. The molecule has 1 saturated carbocycles. The lowest BCUT2D eigenvalue weighted by molar-refractivity contribution is -0.170. The standard InChI is InChI=1S/C16H25N3O2.2ClH/c1-4-21-13-10-16(17,15(13,2)3)14(20)19-9-7-12-6-5-8-18-11-12;;/h5-6,8,11,13H,4,7,9-10,17H2,1-3H3,(H,19,20);2*1H. The van der Waals surface area contributed by atoms with Gasteiger partial charge in [-0.1, -0.05) is 19.9 Å². The highest BCUT2D eigenvalue weighted by molar-refractivity contribution is 5.88. The fourth-order valence-corrected chi connectivity index (χ4v) is 2.84. The third-order valence-corrected chi connectivity index (χ3v) is 4.66.